The largest absolute Gasteiger partial charge is 0.424 e. The van der Waals surface area contributed by atoms with E-state index in [-0.39, 0.29) is 5.69 Å². The van der Waals surface area contributed by atoms with Crippen molar-refractivity contribution in [1.29, 1.82) is 0 Å². The Hall–Kier alpha value is -2.92. The van der Waals surface area contributed by atoms with Crippen LogP contribution >= 0.6 is 0 Å². The van der Waals surface area contributed by atoms with E-state index in [1.54, 1.807) is 0 Å². The third-order valence-electron chi connectivity index (χ3n) is 3.40. The van der Waals surface area contributed by atoms with E-state index in [1.807, 2.05) is 0 Å². The maximum Gasteiger partial charge on any atom is 0.424 e. The van der Waals surface area contributed by atoms with Gasteiger partial charge >= 0.3 is 5.76 Å². The molecular formula is C15H8F4N2O4S. The minimum absolute atomic E-state index is 0.327. The Bertz CT molecular complexity index is 1160. The molecule has 0 spiro atoms. The molecule has 0 saturated heterocycles. The first-order valence-corrected chi connectivity index (χ1v) is 8.32. The molecule has 136 valence electrons. The molecule has 0 aliphatic rings. The van der Waals surface area contributed by atoms with Gasteiger partial charge in [-0.3, -0.25) is 0 Å². The Balaban J connectivity index is 2.28. The van der Waals surface area contributed by atoms with E-state index in [1.165, 1.54) is 0 Å². The van der Waals surface area contributed by atoms with E-state index >= 15 is 0 Å². The Morgan fingerprint density at radius 1 is 0.923 bits per heavy atom. The third kappa shape index (κ3) is 3.13. The van der Waals surface area contributed by atoms with Crippen molar-refractivity contribution in [3.05, 3.63) is 70.4 Å². The fraction of sp³-hybridized carbons (Fsp3) is 0. The van der Waals surface area contributed by atoms with Crippen molar-refractivity contribution in [3.8, 4) is 16.9 Å². The van der Waals surface area contributed by atoms with Crippen LogP contribution < -0.4 is 10.9 Å². The van der Waals surface area contributed by atoms with Gasteiger partial charge in [0.05, 0.1) is 11.4 Å². The Labute approximate surface area is 143 Å². The van der Waals surface area contributed by atoms with E-state index in [9.17, 15) is 30.8 Å². The van der Waals surface area contributed by atoms with Gasteiger partial charge in [-0.05, 0) is 24.3 Å². The number of primary sulfonamides is 1. The van der Waals surface area contributed by atoms with Gasteiger partial charge in [-0.2, -0.15) is 0 Å². The molecule has 0 bridgehead atoms. The summed E-state index contributed by atoms with van der Waals surface area (Å²) in [6.07, 6.45) is 0.736. The standard InChI is InChI=1S/C15H8F4N2O4S/c16-7-1-8(17)3-9(2-7)21-13(6-25-15(21)22)10-4-12(19)14(5-11(10)18)26(20,23)24/h1-6H,(H2,20,23,24). The molecule has 0 unspecified atom stereocenters. The van der Waals surface area contributed by atoms with Gasteiger partial charge in [0.15, 0.2) is 0 Å². The molecule has 0 radical (unpaired) electrons. The lowest BCUT2D eigenvalue weighted by Gasteiger charge is -2.09. The van der Waals surface area contributed by atoms with Crippen LogP contribution in [-0.2, 0) is 10.0 Å². The van der Waals surface area contributed by atoms with Crippen LogP contribution in [0.2, 0.25) is 0 Å². The first-order chi connectivity index (χ1) is 12.1. The highest BCUT2D eigenvalue weighted by Gasteiger charge is 2.22. The SMILES string of the molecule is NS(=O)(=O)c1cc(F)c(-c2coc(=O)n2-c2cc(F)cc(F)c2)cc1F. The molecule has 26 heavy (non-hydrogen) atoms. The number of halogens is 4. The number of nitrogens with zero attached hydrogens (tertiary/aromatic N) is 1. The fourth-order valence-corrected chi connectivity index (χ4v) is 2.95. The highest BCUT2D eigenvalue weighted by Crippen LogP contribution is 2.28. The van der Waals surface area contributed by atoms with Crippen LogP contribution in [0.15, 0.2) is 50.7 Å². The second kappa shape index (κ2) is 6.11. The van der Waals surface area contributed by atoms with E-state index in [4.69, 9.17) is 5.14 Å². The molecule has 0 fully saturated rings. The van der Waals surface area contributed by atoms with Gasteiger partial charge in [0.25, 0.3) is 0 Å². The summed E-state index contributed by atoms with van der Waals surface area (Å²) in [6, 6.07) is 2.90. The van der Waals surface area contributed by atoms with Gasteiger partial charge in [-0.15, -0.1) is 0 Å². The molecule has 2 aromatic carbocycles. The van der Waals surface area contributed by atoms with E-state index in [0.29, 0.717) is 22.8 Å². The van der Waals surface area contributed by atoms with Crippen LogP contribution in [0, 0.1) is 23.3 Å². The second-order valence-electron chi connectivity index (χ2n) is 5.16. The fourth-order valence-electron chi connectivity index (χ4n) is 2.35. The maximum absolute atomic E-state index is 14.3. The predicted molar refractivity (Wildman–Crippen MR) is 80.9 cm³/mol. The van der Waals surface area contributed by atoms with Gasteiger partial charge < -0.3 is 4.42 Å². The monoisotopic (exact) mass is 388 g/mol. The molecule has 2 N–H and O–H groups in total. The second-order valence-corrected chi connectivity index (χ2v) is 6.69. The summed E-state index contributed by atoms with van der Waals surface area (Å²) in [4.78, 5) is 10.8. The molecule has 11 heteroatoms. The Morgan fingerprint density at radius 2 is 1.54 bits per heavy atom. The van der Waals surface area contributed by atoms with Gasteiger partial charge in [-0.1, -0.05) is 0 Å². The van der Waals surface area contributed by atoms with Crippen LogP contribution in [-0.4, -0.2) is 13.0 Å². The number of rotatable bonds is 3. The summed E-state index contributed by atoms with van der Waals surface area (Å²) in [5.74, 6) is -5.79. The molecule has 0 amide bonds. The third-order valence-corrected chi connectivity index (χ3v) is 4.33. The van der Waals surface area contributed by atoms with Crippen molar-refractivity contribution < 1.29 is 30.4 Å². The summed E-state index contributed by atoms with van der Waals surface area (Å²) in [7, 11) is -4.53. The Morgan fingerprint density at radius 3 is 2.12 bits per heavy atom. The number of aromatic nitrogens is 1. The number of benzene rings is 2. The molecule has 1 aromatic heterocycles. The topological polar surface area (TPSA) is 95.3 Å². The summed E-state index contributed by atoms with van der Waals surface area (Å²) in [6.45, 7) is 0. The first kappa shape index (κ1) is 17.9. The van der Waals surface area contributed by atoms with Gasteiger partial charge in [0.1, 0.15) is 34.4 Å². The van der Waals surface area contributed by atoms with E-state index in [2.05, 4.69) is 4.42 Å². The molecule has 3 rings (SSSR count). The number of hydrogen-bond donors (Lipinski definition) is 1. The number of sulfonamides is 1. The van der Waals surface area contributed by atoms with Crippen LogP contribution in [0.3, 0.4) is 0 Å². The maximum atomic E-state index is 14.3. The molecule has 0 saturated carbocycles. The van der Waals surface area contributed by atoms with E-state index < -0.39 is 55.2 Å². The number of nitrogens with two attached hydrogens (primary N) is 1. The zero-order valence-corrected chi connectivity index (χ0v) is 13.4. The van der Waals surface area contributed by atoms with Crippen molar-refractivity contribution in [2.75, 3.05) is 0 Å². The van der Waals surface area contributed by atoms with Crippen molar-refractivity contribution in [1.82, 2.24) is 4.57 Å². The average Bonchev–Trinajstić information content (AvgIpc) is 2.88. The lowest BCUT2D eigenvalue weighted by atomic mass is 10.1. The molecule has 0 aliphatic heterocycles. The van der Waals surface area contributed by atoms with Gasteiger partial charge in [0.2, 0.25) is 10.0 Å². The molecular weight excluding hydrogens is 380 g/mol. The first-order valence-electron chi connectivity index (χ1n) is 6.77. The molecule has 0 atom stereocenters. The number of oxazole rings is 1. The highest BCUT2D eigenvalue weighted by atomic mass is 32.2. The molecule has 0 aliphatic carbocycles. The lowest BCUT2D eigenvalue weighted by molar-refractivity contribution is 0.503. The van der Waals surface area contributed by atoms with Crippen molar-refractivity contribution in [3.63, 3.8) is 0 Å². The normalized spacial score (nSPS) is 11.7. The minimum Gasteiger partial charge on any atom is -0.415 e. The van der Waals surface area contributed by atoms with Crippen LogP contribution in [0.25, 0.3) is 16.9 Å². The van der Waals surface area contributed by atoms with Crippen LogP contribution in [0.1, 0.15) is 0 Å². The van der Waals surface area contributed by atoms with Crippen molar-refractivity contribution >= 4 is 10.0 Å². The highest BCUT2D eigenvalue weighted by molar-refractivity contribution is 7.89. The summed E-state index contributed by atoms with van der Waals surface area (Å²) in [5, 5.41) is 4.78. The molecule has 6 nitrogen and oxygen atoms in total. The van der Waals surface area contributed by atoms with Crippen molar-refractivity contribution in [2.45, 2.75) is 4.90 Å². The zero-order valence-electron chi connectivity index (χ0n) is 12.5. The summed E-state index contributed by atoms with van der Waals surface area (Å²) in [5.41, 5.74) is -1.31. The van der Waals surface area contributed by atoms with Crippen molar-refractivity contribution in [2.24, 2.45) is 5.14 Å². The lowest BCUT2D eigenvalue weighted by Crippen LogP contribution is -2.16. The smallest absolute Gasteiger partial charge is 0.415 e. The molecule has 3 aromatic rings. The van der Waals surface area contributed by atoms with E-state index in [0.717, 1.165) is 18.4 Å². The molecule has 1 heterocycles. The minimum atomic E-state index is -4.53. The number of hydrogen-bond acceptors (Lipinski definition) is 4. The van der Waals surface area contributed by atoms with Crippen LogP contribution in [0.4, 0.5) is 17.6 Å². The quantitative estimate of drug-likeness (QED) is 0.697. The predicted octanol–water partition coefficient (Wildman–Crippen LogP) is 2.30. The van der Waals surface area contributed by atoms with Crippen LogP contribution in [0.5, 0.6) is 0 Å². The average molecular weight is 388 g/mol. The zero-order chi connectivity index (χ0) is 19.2. The Kier molecular flexibility index (Phi) is 4.20. The van der Waals surface area contributed by atoms with Gasteiger partial charge in [0, 0.05) is 11.6 Å². The summed E-state index contributed by atoms with van der Waals surface area (Å²) >= 11 is 0. The summed E-state index contributed by atoms with van der Waals surface area (Å²) < 4.78 is 82.8. The van der Waals surface area contributed by atoms with Gasteiger partial charge in [-0.25, -0.2) is 40.5 Å².